The Morgan fingerprint density at radius 3 is 2.61 bits per heavy atom. The average molecular weight is 492 g/mol. The van der Waals surface area contributed by atoms with Gasteiger partial charge in [-0.05, 0) is 71.5 Å². The molecular weight excluding hydrogens is 467 g/mol. The number of morpholine rings is 1. The van der Waals surface area contributed by atoms with E-state index in [1.54, 1.807) is 6.08 Å². The molecular formula is C22H25IN2O3. The van der Waals surface area contributed by atoms with E-state index in [-0.39, 0.29) is 0 Å². The highest BCUT2D eigenvalue weighted by molar-refractivity contribution is 14.1. The van der Waals surface area contributed by atoms with Gasteiger partial charge in [0.1, 0.15) is 6.61 Å². The van der Waals surface area contributed by atoms with Gasteiger partial charge in [0.25, 0.3) is 0 Å². The number of hydrogen-bond acceptors (Lipinski definition) is 5. The van der Waals surface area contributed by atoms with Gasteiger partial charge >= 0.3 is 0 Å². The van der Waals surface area contributed by atoms with Gasteiger partial charge in [-0.15, -0.1) is 0 Å². The van der Waals surface area contributed by atoms with Crippen LogP contribution in [0.25, 0.3) is 0 Å². The Morgan fingerprint density at radius 1 is 1.18 bits per heavy atom. The fraction of sp³-hybridized carbons (Fsp3) is 0.318. The van der Waals surface area contributed by atoms with Gasteiger partial charge in [-0.25, -0.2) is 0 Å². The number of hydrogen-bond donors (Lipinski definition) is 0. The Balaban J connectivity index is 1.74. The maximum Gasteiger partial charge on any atom is 0.174 e. The van der Waals surface area contributed by atoms with Crippen molar-refractivity contribution in [2.24, 2.45) is 4.99 Å². The lowest BCUT2D eigenvalue weighted by Gasteiger charge is -2.28. The summed E-state index contributed by atoms with van der Waals surface area (Å²) in [5, 5.41) is 0. The summed E-state index contributed by atoms with van der Waals surface area (Å²) < 4.78 is 17.9. The Hall–Kier alpha value is -2.06. The molecule has 0 spiro atoms. The summed E-state index contributed by atoms with van der Waals surface area (Å²) in [6.07, 6.45) is 3.58. The highest BCUT2D eigenvalue weighted by Crippen LogP contribution is 2.34. The van der Waals surface area contributed by atoms with Crippen molar-refractivity contribution in [1.29, 1.82) is 0 Å². The van der Waals surface area contributed by atoms with Crippen molar-refractivity contribution in [2.45, 2.75) is 6.92 Å². The largest absolute Gasteiger partial charge is 0.490 e. The van der Waals surface area contributed by atoms with Gasteiger partial charge < -0.3 is 19.1 Å². The summed E-state index contributed by atoms with van der Waals surface area (Å²) in [5.41, 5.74) is 3.09. The molecule has 6 heteroatoms. The Kier molecular flexibility index (Phi) is 7.73. The van der Waals surface area contributed by atoms with Crippen molar-refractivity contribution in [3.05, 3.63) is 58.2 Å². The van der Waals surface area contributed by atoms with Gasteiger partial charge in [-0.2, -0.15) is 0 Å². The minimum atomic E-state index is 0.443. The van der Waals surface area contributed by atoms with Crippen LogP contribution >= 0.6 is 22.6 Å². The quantitative estimate of drug-likeness (QED) is 0.301. The lowest BCUT2D eigenvalue weighted by atomic mass is 10.2. The Labute approximate surface area is 180 Å². The number of halogens is 1. The summed E-state index contributed by atoms with van der Waals surface area (Å²) >= 11 is 2.26. The summed E-state index contributed by atoms with van der Waals surface area (Å²) in [4.78, 5) is 6.94. The first kappa shape index (κ1) is 20.7. The summed E-state index contributed by atoms with van der Waals surface area (Å²) in [6.45, 7) is 10.1. The predicted molar refractivity (Wildman–Crippen MR) is 123 cm³/mol. The van der Waals surface area contributed by atoms with Gasteiger partial charge in [-0.3, -0.25) is 4.99 Å². The zero-order chi connectivity index (χ0) is 19.8. The van der Waals surface area contributed by atoms with Crippen LogP contribution in [0.4, 0.5) is 11.4 Å². The highest BCUT2D eigenvalue weighted by atomic mass is 127. The van der Waals surface area contributed by atoms with E-state index in [0.29, 0.717) is 13.2 Å². The number of aliphatic imine (C=N–C) groups is 1. The first-order valence-electron chi connectivity index (χ1n) is 9.38. The minimum Gasteiger partial charge on any atom is -0.490 e. The maximum absolute atomic E-state index is 5.75. The molecule has 1 fully saturated rings. The number of benzene rings is 2. The van der Waals surface area contributed by atoms with E-state index in [1.807, 2.05) is 37.4 Å². The molecule has 5 nitrogen and oxygen atoms in total. The van der Waals surface area contributed by atoms with Gasteiger partial charge in [-0.1, -0.05) is 12.7 Å². The molecule has 28 heavy (non-hydrogen) atoms. The monoisotopic (exact) mass is 492 g/mol. The predicted octanol–water partition coefficient (Wildman–Crippen LogP) is 4.84. The second-order valence-electron chi connectivity index (χ2n) is 6.24. The standard InChI is InChI=1S/C22H25IN2O3/c1-3-11-28-22-20(23)14-17(15-21(22)27-4-2)16-24-18-5-7-19(8-6-18)25-9-12-26-13-10-25/h3,5-8,14-16H,1,4,9-13H2,2H3. The first-order chi connectivity index (χ1) is 13.7. The minimum absolute atomic E-state index is 0.443. The van der Waals surface area contributed by atoms with E-state index >= 15 is 0 Å². The molecule has 0 N–H and O–H groups in total. The second-order valence-corrected chi connectivity index (χ2v) is 7.40. The van der Waals surface area contributed by atoms with E-state index in [4.69, 9.17) is 14.2 Å². The lowest BCUT2D eigenvalue weighted by molar-refractivity contribution is 0.122. The summed E-state index contributed by atoms with van der Waals surface area (Å²) in [6, 6.07) is 12.3. The van der Waals surface area contributed by atoms with Gasteiger partial charge in [0.05, 0.1) is 29.1 Å². The zero-order valence-corrected chi connectivity index (χ0v) is 18.2. The number of rotatable bonds is 8. The number of ether oxygens (including phenoxy) is 3. The van der Waals surface area contributed by atoms with Crippen LogP contribution in [-0.2, 0) is 4.74 Å². The second kappa shape index (κ2) is 10.5. The fourth-order valence-electron chi connectivity index (χ4n) is 2.93. The topological polar surface area (TPSA) is 43.3 Å². The normalized spacial score (nSPS) is 14.3. The van der Waals surface area contributed by atoms with Crippen molar-refractivity contribution in [3.63, 3.8) is 0 Å². The van der Waals surface area contributed by atoms with Crippen LogP contribution in [0, 0.1) is 3.57 Å². The molecule has 1 heterocycles. The molecule has 0 unspecified atom stereocenters. The van der Waals surface area contributed by atoms with E-state index in [2.05, 4.69) is 51.2 Å². The molecule has 0 aromatic heterocycles. The van der Waals surface area contributed by atoms with Gasteiger partial charge in [0.2, 0.25) is 0 Å². The molecule has 0 atom stereocenters. The molecule has 0 saturated carbocycles. The SMILES string of the molecule is C=CCOc1c(I)cc(C=Nc2ccc(N3CCOCC3)cc2)cc1OCC. The van der Waals surface area contributed by atoms with Crippen LogP contribution in [0.1, 0.15) is 12.5 Å². The van der Waals surface area contributed by atoms with Crippen molar-refractivity contribution in [1.82, 2.24) is 0 Å². The highest BCUT2D eigenvalue weighted by Gasteiger charge is 2.12. The smallest absolute Gasteiger partial charge is 0.174 e. The third-order valence-electron chi connectivity index (χ3n) is 4.27. The van der Waals surface area contributed by atoms with Crippen LogP contribution < -0.4 is 14.4 Å². The Bertz CT molecular complexity index is 815. The summed E-state index contributed by atoms with van der Waals surface area (Å²) in [5.74, 6) is 1.47. The third-order valence-corrected chi connectivity index (χ3v) is 5.07. The molecule has 0 amide bonds. The molecule has 2 aromatic carbocycles. The molecule has 1 aliphatic rings. The lowest BCUT2D eigenvalue weighted by Crippen LogP contribution is -2.36. The molecule has 0 aliphatic carbocycles. The van der Waals surface area contributed by atoms with E-state index in [1.165, 1.54) is 5.69 Å². The average Bonchev–Trinajstić information content (AvgIpc) is 2.73. The van der Waals surface area contributed by atoms with Crippen molar-refractivity contribution < 1.29 is 14.2 Å². The first-order valence-corrected chi connectivity index (χ1v) is 10.5. The molecule has 3 rings (SSSR count). The Morgan fingerprint density at radius 2 is 1.93 bits per heavy atom. The van der Waals surface area contributed by atoms with E-state index < -0.39 is 0 Å². The van der Waals surface area contributed by atoms with Crippen LogP contribution in [0.2, 0.25) is 0 Å². The third kappa shape index (κ3) is 5.48. The zero-order valence-electron chi connectivity index (χ0n) is 16.1. The molecule has 2 aromatic rings. The van der Waals surface area contributed by atoms with Crippen LogP contribution in [0.3, 0.4) is 0 Å². The van der Waals surface area contributed by atoms with Crippen LogP contribution in [-0.4, -0.2) is 45.7 Å². The molecule has 1 aliphatic heterocycles. The molecule has 0 radical (unpaired) electrons. The molecule has 0 bridgehead atoms. The summed E-state index contributed by atoms with van der Waals surface area (Å²) in [7, 11) is 0. The molecule has 1 saturated heterocycles. The van der Waals surface area contributed by atoms with Crippen molar-refractivity contribution >= 4 is 40.2 Å². The maximum atomic E-state index is 5.75. The fourth-order valence-corrected chi connectivity index (χ4v) is 3.71. The van der Waals surface area contributed by atoms with Crippen molar-refractivity contribution in [2.75, 3.05) is 44.4 Å². The van der Waals surface area contributed by atoms with Crippen molar-refractivity contribution in [3.8, 4) is 11.5 Å². The van der Waals surface area contributed by atoms with Gasteiger partial charge in [0.15, 0.2) is 11.5 Å². The van der Waals surface area contributed by atoms with Gasteiger partial charge in [0, 0.05) is 25.0 Å². The van der Waals surface area contributed by atoms with E-state index in [9.17, 15) is 0 Å². The molecule has 148 valence electrons. The van der Waals surface area contributed by atoms with E-state index in [0.717, 1.165) is 52.6 Å². The van der Waals surface area contributed by atoms with Crippen LogP contribution in [0.5, 0.6) is 11.5 Å². The van der Waals surface area contributed by atoms with Crippen LogP contribution in [0.15, 0.2) is 54.0 Å². The number of nitrogens with zero attached hydrogens (tertiary/aromatic N) is 2. The number of anilines is 1.